The van der Waals surface area contributed by atoms with Crippen molar-refractivity contribution in [1.82, 2.24) is 24.3 Å². The minimum atomic E-state index is -0.277. The third kappa shape index (κ3) is 6.95. The van der Waals surface area contributed by atoms with Crippen LogP contribution in [0.15, 0.2) is 49.2 Å². The van der Waals surface area contributed by atoms with E-state index in [-0.39, 0.29) is 35.9 Å². The summed E-state index contributed by atoms with van der Waals surface area (Å²) in [6.45, 7) is 10.5. The number of hydrogen-bond acceptors (Lipinski definition) is 6. The lowest BCUT2D eigenvalue weighted by atomic mass is 9.99. The summed E-state index contributed by atoms with van der Waals surface area (Å²) in [6, 6.07) is 9.32. The van der Waals surface area contributed by atoms with Gasteiger partial charge in [-0.1, -0.05) is 19.6 Å². The van der Waals surface area contributed by atoms with E-state index in [1.54, 1.807) is 25.3 Å². The van der Waals surface area contributed by atoms with E-state index in [1.165, 1.54) is 6.08 Å². The maximum Gasteiger partial charge on any atom is 0.258 e. The molecule has 0 spiro atoms. The van der Waals surface area contributed by atoms with Crippen molar-refractivity contribution < 1.29 is 19.1 Å². The highest BCUT2D eigenvalue weighted by Crippen LogP contribution is 2.37. The van der Waals surface area contributed by atoms with Gasteiger partial charge in [0.05, 0.1) is 17.7 Å². The smallest absolute Gasteiger partial charge is 0.258 e. The van der Waals surface area contributed by atoms with Crippen LogP contribution in [0.25, 0.3) is 11.0 Å². The van der Waals surface area contributed by atoms with Crippen LogP contribution in [0, 0.1) is 12.8 Å². The lowest BCUT2D eigenvalue weighted by Gasteiger charge is -2.27. The van der Waals surface area contributed by atoms with Crippen molar-refractivity contribution in [3.05, 3.63) is 60.4 Å². The van der Waals surface area contributed by atoms with Crippen LogP contribution in [0.4, 0.5) is 5.95 Å². The first-order valence-corrected chi connectivity index (χ1v) is 15.7. The normalized spacial score (nSPS) is 22.5. The monoisotopic (exact) mass is 600 g/mol. The van der Waals surface area contributed by atoms with Crippen LogP contribution in [-0.2, 0) is 9.59 Å². The molecule has 10 nitrogen and oxygen atoms in total. The first kappa shape index (κ1) is 31.2. The first-order valence-electron chi connectivity index (χ1n) is 15.7. The van der Waals surface area contributed by atoms with Crippen LogP contribution in [-0.4, -0.2) is 74.3 Å². The fraction of sp³-hybridized carbons (Fsp3) is 0.500. The van der Waals surface area contributed by atoms with E-state index in [9.17, 15) is 14.4 Å². The predicted molar refractivity (Wildman–Crippen MR) is 171 cm³/mol. The largest absolute Gasteiger partial charge is 0.488 e. The zero-order chi connectivity index (χ0) is 31.4. The Morgan fingerprint density at radius 2 is 1.95 bits per heavy atom. The first-order chi connectivity index (χ1) is 21.1. The van der Waals surface area contributed by atoms with E-state index in [1.807, 2.05) is 42.0 Å². The Labute approximate surface area is 259 Å². The van der Waals surface area contributed by atoms with Gasteiger partial charge in [-0.3, -0.25) is 24.7 Å². The Hall–Kier alpha value is -4.21. The van der Waals surface area contributed by atoms with Crippen molar-refractivity contribution in [2.45, 2.75) is 83.9 Å². The Balaban J connectivity index is 1.53. The number of pyridine rings is 1. The van der Waals surface area contributed by atoms with Gasteiger partial charge >= 0.3 is 0 Å². The van der Waals surface area contributed by atoms with Gasteiger partial charge in [0.1, 0.15) is 11.3 Å². The zero-order valence-corrected chi connectivity index (χ0v) is 26.3. The minimum Gasteiger partial charge on any atom is -0.488 e. The predicted octanol–water partition coefficient (Wildman–Crippen LogP) is 5.54. The lowest BCUT2D eigenvalue weighted by molar-refractivity contribution is -0.130. The fourth-order valence-electron chi connectivity index (χ4n) is 6.69. The number of carbonyl (C=O) groups is 3. The van der Waals surface area contributed by atoms with Gasteiger partial charge in [0.2, 0.25) is 17.8 Å². The highest BCUT2D eigenvalue weighted by Gasteiger charge is 2.31. The molecule has 44 heavy (non-hydrogen) atoms. The Morgan fingerprint density at radius 1 is 1.14 bits per heavy atom. The minimum absolute atomic E-state index is 0.0323. The Morgan fingerprint density at radius 3 is 2.70 bits per heavy atom. The highest BCUT2D eigenvalue weighted by molar-refractivity contribution is 6.04. The Bertz CT molecular complexity index is 1530. The standard InChI is InChI=1S/C34H44N6O4/c1-6-31(42)39-17-8-7-10-27(21-39)40-32-29(36-34(40)37-33(43)25-15-16-35-23(3)20-25)11-9-12-30(32)44-28-14-13-26(18-22(2)19-28)38(5)24(4)41/h6,9,11-12,15-16,20,22,26-28H,1,7-8,10,13-14,17-19,21H2,2-5H3,(H,36,37,43)/t22?,26-,27-,28-/m1/s1. The van der Waals surface area contributed by atoms with Crippen LogP contribution in [0.1, 0.15) is 80.9 Å². The van der Waals surface area contributed by atoms with Crippen LogP contribution in [0.2, 0.25) is 0 Å². The molecule has 234 valence electrons. The molecule has 2 fully saturated rings. The number of nitrogens with zero attached hydrogens (tertiary/aromatic N) is 5. The van der Waals surface area contributed by atoms with Gasteiger partial charge in [-0.2, -0.15) is 0 Å². The number of ether oxygens (including phenoxy) is 1. The summed E-state index contributed by atoms with van der Waals surface area (Å²) in [5.41, 5.74) is 2.76. The van der Waals surface area contributed by atoms with Gasteiger partial charge in [0.25, 0.3) is 5.91 Å². The molecule has 1 unspecified atom stereocenters. The van der Waals surface area contributed by atoms with E-state index in [4.69, 9.17) is 9.72 Å². The molecule has 3 heterocycles. The number of aryl methyl sites for hydroxylation is 1. The van der Waals surface area contributed by atoms with E-state index in [0.717, 1.165) is 56.2 Å². The van der Waals surface area contributed by atoms with Crippen molar-refractivity contribution in [2.75, 3.05) is 25.5 Å². The summed E-state index contributed by atoms with van der Waals surface area (Å²) in [4.78, 5) is 51.1. The molecular weight excluding hydrogens is 556 g/mol. The van der Waals surface area contributed by atoms with Gasteiger partial charge < -0.3 is 19.1 Å². The molecular formula is C34H44N6O4. The number of benzene rings is 1. The number of aromatic nitrogens is 3. The topological polar surface area (TPSA) is 110 Å². The van der Waals surface area contributed by atoms with Crippen molar-refractivity contribution in [1.29, 1.82) is 0 Å². The van der Waals surface area contributed by atoms with Crippen molar-refractivity contribution in [2.24, 2.45) is 5.92 Å². The SMILES string of the molecule is C=CC(=O)N1CCCC[C@@H](n2c(NC(=O)c3ccnc(C)c3)nc3cccc(O[C@@H]4CC[C@@H](N(C)C(C)=O)CC(C)C4)c32)C1. The molecule has 4 atom stereocenters. The third-order valence-electron chi connectivity index (χ3n) is 9.05. The number of rotatable bonds is 7. The van der Waals surface area contributed by atoms with Crippen LogP contribution >= 0.6 is 0 Å². The molecule has 0 bridgehead atoms. The maximum atomic E-state index is 13.4. The molecule has 1 saturated carbocycles. The third-order valence-corrected chi connectivity index (χ3v) is 9.05. The van der Waals surface area contributed by atoms with Crippen LogP contribution in [0.5, 0.6) is 5.75 Å². The molecule has 1 aliphatic carbocycles. The summed E-state index contributed by atoms with van der Waals surface area (Å²) >= 11 is 0. The number of anilines is 1. The second-order valence-electron chi connectivity index (χ2n) is 12.4. The number of hydrogen-bond donors (Lipinski definition) is 1. The van der Waals surface area contributed by atoms with Crippen molar-refractivity contribution in [3.8, 4) is 5.75 Å². The van der Waals surface area contributed by atoms with Crippen LogP contribution < -0.4 is 10.1 Å². The molecule has 3 aromatic rings. The zero-order valence-electron chi connectivity index (χ0n) is 26.3. The molecule has 5 rings (SSSR count). The molecule has 1 N–H and O–H groups in total. The molecule has 1 saturated heterocycles. The number of imidazole rings is 1. The second-order valence-corrected chi connectivity index (χ2v) is 12.4. The van der Waals surface area contributed by atoms with Crippen LogP contribution in [0.3, 0.4) is 0 Å². The number of likely N-dealkylation sites (tertiary alicyclic amines) is 1. The lowest BCUT2D eigenvalue weighted by Crippen LogP contribution is -2.36. The fourth-order valence-corrected chi connectivity index (χ4v) is 6.69. The number of fused-ring (bicyclic) bond motifs is 1. The van der Waals surface area contributed by atoms with Gasteiger partial charge in [0, 0.05) is 50.6 Å². The molecule has 3 amide bonds. The van der Waals surface area contributed by atoms with E-state index < -0.39 is 0 Å². The number of nitrogens with one attached hydrogen (secondary N) is 1. The van der Waals surface area contributed by atoms with E-state index in [0.29, 0.717) is 41.8 Å². The summed E-state index contributed by atoms with van der Waals surface area (Å²) in [5.74, 6) is 1.22. The average Bonchev–Trinajstić information content (AvgIpc) is 3.12. The molecule has 2 aliphatic rings. The van der Waals surface area contributed by atoms with Gasteiger partial charge in [-0.25, -0.2) is 4.98 Å². The van der Waals surface area contributed by atoms with E-state index in [2.05, 4.69) is 28.4 Å². The molecule has 10 heteroatoms. The quantitative estimate of drug-likeness (QED) is 0.282. The molecule has 2 aromatic heterocycles. The molecule has 1 aliphatic heterocycles. The summed E-state index contributed by atoms with van der Waals surface area (Å²) in [5, 5.41) is 3.06. The summed E-state index contributed by atoms with van der Waals surface area (Å²) in [6.07, 6.45) is 9.10. The van der Waals surface area contributed by atoms with Crippen molar-refractivity contribution >= 4 is 34.7 Å². The van der Waals surface area contributed by atoms with Gasteiger partial charge in [-0.15, -0.1) is 0 Å². The second kappa shape index (κ2) is 13.6. The summed E-state index contributed by atoms with van der Waals surface area (Å²) < 4.78 is 8.87. The van der Waals surface area contributed by atoms with E-state index >= 15 is 0 Å². The number of carbonyl (C=O) groups excluding carboxylic acids is 3. The highest BCUT2D eigenvalue weighted by atomic mass is 16.5. The Kier molecular flexibility index (Phi) is 9.66. The molecule has 0 radical (unpaired) electrons. The average molecular weight is 601 g/mol. The summed E-state index contributed by atoms with van der Waals surface area (Å²) in [7, 11) is 1.89. The van der Waals surface area contributed by atoms with Crippen molar-refractivity contribution in [3.63, 3.8) is 0 Å². The van der Waals surface area contributed by atoms with Gasteiger partial charge in [0.15, 0.2) is 0 Å². The maximum absolute atomic E-state index is 13.4. The number of amides is 3. The molecule has 1 aromatic carbocycles. The van der Waals surface area contributed by atoms with Gasteiger partial charge in [-0.05, 0) is 88.1 Å². The number of para-hydroxylation sites is 1.